The minimum absolute atomic E-state index is 0.230. The van der Waals surface area contributed by atoms with Gasteiger partial charge in [0, 0.05) is 19.3 Å². The Morgan fingerprint density at radius 3 is 0.825 bits per heavy atom. The van der Waals surface area contributed by atoms with Crippen LogP contribution in [-0.4, -0.2) is 30.1 Å². The average Bonchev–Trinajstić information content (AvgIpc) is 2.89. The highest BCUT2D eigenvalue weighted by Gasteiger charge is 2.50. The number of Topliss-reactive ketones (excluding diaryl/α,β-unsaturated/α-hetero) is 3. The van der Waals surface area contributed by atoms with Crippen molar-refractivity contribution in [1.29, 1.82) is 0 Å². The van der Waals surface area contributed by atoms with Gasteiger partial charge in [-0.2, -0.15) is 0 Å². The third-order valence-corrected chi connectivity index (χ3v) is 7.45. The molecule has 0 rings (SSSR count). The van der Waals surface area contributed by atoms with E-state index in [9.17, 15) is 31.6 Å². The highest BCUT2D eigenvalue weighted by molar-refractivity contribution is 6.50. The molecule has 0 amide bonds. The molecule has 0 atom stereocenters. The topological polar surface area (TPSA) is 78.8 Å². The molecule has 40 heavy (non-hydrogen) atoms. The van der Waals surface area contributed by atoms with Gasteiger partial charge in [-0.15, -0.1) is 0 Å². The average molecular weight is 582 g/mol. The molecule has 0 fully saturated rings. The predicted molar refractivity (Wildman–Crippen MR) is 159 cm³/mol. The van der Waals surface area contributed by atoms with Crippen LogP contribution in [0.25, 0.3) is 0 Å². The highest BCUT2D eigenvalue weighted by Crippen LogP contribution is 2.20. The smallest absolute Gasteiger partial charge is 0.418 e. The molecule has 0 aromatic rings. The summed E-state index contributed by atoms with van der Waals surface area (Å²) in [6, 6.07) is 0. The van der Waals surface area contributed by atoms with Crippen LogP contribution in [0.3, 0.4) is 0 Å². The first kappa shape index (κ1) is 40.9. The summed E-state index contributed by atoms with van der Waals surface area (Å²) in [7, 11) is -6.00. The summed E-state index contributed by atoms with van der Waals surface area (Å²) in [4.78, 5) is 39.6. The normalized spacial score (nSPS) is 11.7. The fourth-order valence-electron chi connectivity index (χ4n) is 4.83. The molecule has 0 radical (unpaired) electrons. The largest absolute Gasteiger partial charge is 0.673 e. The van der Waals surface area contributed by atoms with Crippen LogP contribution in [-0.2, 0) is 14.4 Å². The van der Waals surface area contributed by atoms with Gasteiger partial charge in [-0.1, -0.05) is 136 Å². The van der Waals surface area contributed by atoms with Crippen LogP contribution >= 0.6 is 0 Å². The third kappa shape index (κ3) is 24.5. The van der Waals surface area contributed by atoms with Gasteiger partial charge in [0.25, 0.3) is 5.54 Å². The van der Waals surface area contributed by atoms with Crippen LogP contribution in [0.4, 0.5) is 17.3 Å². The lowest BCUT2D eigenvalue weighted by atomic mass is 9.79. The Kier molecular flexibility index (Phi) is 27.2. The zero-order chi connectivity index (χ0) is 30.7. The van der Waals surface area contributed by atoms with E-state index in [1.807, 2.05) is 0 Å². The van der Waals surface area contributed by atoms with Crippen molar-refractivity contribution in [2.24, 2.45) is 0 Å². The van der Waals surface area contributed by atoms with Gasteiger partial charge in [0.05, 0.1) is 0 Å². The van der Waals surface area contributed by atoms with Crippen LogP contribution in [0.1, 0.15) is 175 Å². The fraction of sp³-hybridized carbons (Fsp3) is 0.903. The third-order valence-electron chi connectivity index (χ3n) is 7.45. The van der Waals surface area contributed by atoms with Gasteiger partial charge < -0.3 is 23.0 Å². The maximum atomic E-state index is 13.2. The molecule has 0 spiro atoms. The Balaban J connectivity index is 0. The summed E-state index contributed by atoms with van der Waals surface area (Å²) in [5, 5.41) is 0. The van der Waals surface area contributed by atoms with Gasteiger partial charge >= 0.3 is 7.25 Å². The molecular formula is C31H60BF4NO3. The second-order valence-electron chi connectivity index (χ2n) is 11.3. The molecule has 0 aromatic carbocycles. The summed E-state index contributed by atoms with van der Waals surface area (Å²) in [6.45, 7) is 6.62. The van der Waals surface area contributed by atoms with Crippen molar-refractivity contribution >= 4 is 24.6 Å². The van der Waals surface area contributed by atoms with Crippen LogP contribution in [0.2, 0.25) is 0 Å². The molecule has 0 aromatic heterocycles. The summed E-state index contributed by atoms with van der Waals surface area (Å²) < 4.78 is 39.0. The lowest BCUT2D eigenvalue weighted by Crippen LogP contribution is -2.84. The zero-order valence-corrected chi connectivity index (χ0v) is 26.0. The van der Waals surface area contributed by atoms with Gasteiger partial charge in [-0.3, -0.25) is 14.4 Å². The molecule has 0 aliphatic heterocycles. The van der Waals surface area contributed by atoms with E-state index in [0.717, 1.165) is 57.8 Å². The van der Waals surface area contributed by atoms with Gasteiger partial charge in [0.15, 0.2) is 0 Å². The van der Waals surface area contributed by atoms with Gasteiger partial charge in [0.1, 0.15) is 0 Å². The lowest BCUT2D eigenvalue weighted by Gasteiger charge is -2.22. The quantitative estimate of drug-likeness (QED) is 0.0454. The van der Waals surface area contributed by atoms with Crippen molar-refractivity contribution in [2.45, 2.75) is 180 Å². The Morgan fingerprint density at radius 2 is 0.625 bits per heavy atom. The van der Waals surface area contributed by atoms with E-state index < -0.39 is 12.8 Å². The van der Waals surface area contributed by atoms with Gasteiger partial charge in [-0.05, 0) is 19.3 Å². The van der Waals surface area contributed by atoms with Crippen LogP contribution < -0.4 is 5.73 Å². The molecule has 238 valence electrons. The van der Waals surface area contributed by atoms with Crippen LogP contribution in [0.5, 0.6) is 0 Å². The Morgan fingerprint density at radius 1 is 0.450 bits per heavy atom. The van der Waals surface area contributed by atoms with Crippen molar-refractivity contribution in [3.8, 4) is 0 Å². The molecule has 4 nitrogen and oxygen atoms in total. The predicted octanol–water partition coefficient (Wildman–Crippen LogP) is 9.40. The molecular weight excluding hydrogens is 521 g/mol. The second kappa shape index (κ2) is 26.6. The molecule has 0 bridgehead atoms. The zero-order valence-electron chi connectivity index (χ0n) is 26.0. The summed E-state index contributed by atoms with van der Waals surface area (Å²) in [5.41, 5.74) is 2.38. The first-order valence-corrected chi connectivity index (χ1v) is 16.3. The van der Waals surface area contributed by atoms with E-state index in [0.29, 0.717) is 19.3 Å². The standard InChI is InChI=1S/C31H59NO3.BF4/c1-4-7-10-13-16-19-22-25-28(33)31(32,29(34)26-23-20-17-14-11-8-5-2)30(35)27-24-21-18-15-12-9-6-3;2-1(3,4)5/h4-27,32H2,1-3H3;/q;-1/p+1. The number of ketones is 3. The number of hydrogen-bond donors (Lipinski definition) is 1. The number of carbonyl (C=O) groups excluding carboxylic acids is 3. The van der Waals surface area contributed by atoms with Crippen molar-refractivity contribution < 1.29 is 37.4 Å². The van der Waals surface area contributed by atoms with E-state index in [1.165, 1.54) is 77.0 Å². The first-order chi connectivity index (χ1) is 18.9. The van der Waals surface area contributed by atoms with E-state index in [4.69, 9.17) is 0 Å². The van der Waals surface area contributed by atoms with E-state index in [-0.39, 0.29) is 17.3 Å². The number of hydrogen-bond acceptors (Lipinski definition) is 3. The van der Waals surface area contributed by atoms with Crippen LogP contribution in [0.15, 0.2) is 0 Å². The Hall–Kier alpha value is -1.25. The Labute approximate surface area is 242 Å². The fourth-order valence-corrected chi connectivity index (χ4v) is 4.83. The SMILES string of the molecule is CCCCCCCCCC(=O)C([NH3+])(C(=O)CCCCCCCCC)C(=O)CCCCCCCCC.F[B-](F)(F)F. The number of rotatable bonds is 27. The van der Waals surface area contributed by atoms with Crippen molar-refractivity contribution in [2.75, 3.05) is 0 Å². The first-order valence-electron chi connectivity index (χ1n) is 16.3. The molecule has 0 saturated heterocycles. The second-order valence-corrected chi connectivity index (χ2v) is 11.3. The van der Waals surface area contributed by atoms with E-state index in [2.05, 4.69) is 26.5 Å². The summed E-state index contributed by atoms with van der Waals surface area (Å²) in [5.74, 6) is -0.689. The van der Waals surface area contributed by atoms with Crippen molar-refractivity contribution in [3.63, 3.8) is 0 Å². The van der Waals surface area contributed by atoms with Crippen LogP contribution in [0, 0.1) is 0 Å². The monoisotopic (exact) mass is 581 g/mol. The molecule has 0 saturated carbocycles. The molecule has 0 unspecified atom stereocenters. The maximum Gasteiger partial charge on any atom is 0.673 e. The summed E-state index contributed by atoms with van der Waals surface area (Å²) >= 11 is 0. The molecule has 0 heterocycles. The lowest BCUT2D eigenvalue weighted by molar-refractivity contribution is -0.421. The molecule has 9 heteroatoms. The number of unbranched alkanes of at least 4 members (excludes halogenated alkanes) is 18. The minimum Gasteiger partial charge on any atom is -0.418 e. The Bertz CT molecular complexity index is 564. The van der Waals surface area contributed by atoms with Gasteiger partial charge in [-0.25, -0.2) is 0 Å². The number of carbonyl (C=O) groups is 3. The minimum atomic E-state index is -6.00. The maximum absolute atomic E-state index is 13.2. The van der Waals surface area contributed by atoms with E-state index >= 15 is 0 Å². The molecule has 0 aliphatic rings. The van der Waals surface area contributed by atoms with Gasteiger partial charge in [0.2, 0.25) is 17.3 Å². The molecule has 0 aliphatic carbocycles. The van der Waals surface area contributed by atoms with Crippen molar-refractivity contribution in [1.82, 2.24) is 0 Å². The summed E-state index contributed by atoms with van der Waals surface area (Å²) in [6.07, 6.45) is 24.4. The highest BCUT2D eigenvalue weighted by atomic mass is 19.5. The number of halogens is 4. The molecule has 3 N–H and O–H groups in total. The van der Waals surface area contributed by atoms with E-state index in [1.54, 1.807) is 0 Å². The number of quaternary nitrogens is 1. The van der Waals surface area contributed by atoms with Crippen molar-refractivity contribution in [3.05, 3.63) is 0 Å².